The summed E-state index contributed by atoms with van der Waals surface area (Å²) in [4.78, 5) is 10.9. The molecular formula is C12H14F3NO3. The molecular weight excluding hydrogens is 263 g/mol. The van der Waals surface area contributed by atoms with Crippen molar-refractivity contribution in [3.05, 3.63) is 23.8 Å². The number of ether oxygens (including phenoxy) is 1. The average Bonchev–Trinajstić information content (AvgIpc) is 2.19. The van der Waals surface area contributed by atoms with E-state index in [1.807, 2.05) is 0 Å². The molecule has 2 N–H and O–H groups in total. The van der Waals surface area contributed by atoms with E-state index in [1.165, 1.54) is 32.9 Å². The van der Waals surface area contributed by atoms with Crippen LogP contribution in [0.25, 0.3) is 0 Å². The fraction of sp³-hybridized carbons (Fsp3) is 0.417. The van der Waals surface area contributed by atoms with E-state index in [1.54, 1.807) is 0 Å². The molecule has 0 saturated carbocycles. The number of aliphatic carboxylic acids is 1. The molecule has 7 heteroatoms. The number of anilines is 1. The SMILES string of the molecule is Cc1cc(NC(C)(C)C(=O)O)ccc1OC(F)(F)F. The number of halogens is 3. The van der Waals surface area contributed by atoms with Gasteiger partial charge in [-0.05, 0) is 44.5 Å². The lowest BCUT2D eigenvalue weighted by Crippen LogP contribution is -2.39. The van der Waals surface area contributed by atoms with Gasteiger partial charge in [0.1, 0.15) is 11.3 Å². The van der Waals surface area contributed by atoms with Crippen molar-refractivity contribution in [2.24, 2.45) is 0 Å². The number of aryl methyl sites for hydroxylation is 1. The van der Waals surface area contributed by atoms with Gasteiger partial charge in [-0.3, -0.25) is 0 Å². The number of alkyl halides is 3. The zero-order chi connectivity index (χ0) is 14.8. The van der Waals surface area contributed by atoms with Gasteiger partial charge in [-0.25, -0.2) is 4.79 Å². The Morgan fingerprint density at radius 1 is 1.32 bits per heavy atom. The summed E-state index contributed by atoms with van der Waals surface area (Å²) in [6.45, 7) is 4.34. The molecule has 1 aromatic carbocycles. The second-order valence-electron chi connectivity index (χ2n) is 4.58. The van der Waals surface area contributed by atoms with Crippen LogP contribution in [0.2, 0.25) is 0 Å². The Hall–Kier alpha value is -1.92. The summed E-state index contributed by atoms with van der Waals surface area (Å²) >= 11 is 0. The van der Waals surface area contributed by atoms with E-state index < -0.39 is 17.9 Å². The normalized spacial score (nSPS) is 12.1. The summed E-state index contributed by atoms with van der Waals surface area (Å²) in [6, 6.07) is 3.87. The minimum absolute atomic E-state index is 0.253. The first-order valence-electron chi connectivity index (χ1n) is 5.39. The predicted molar refractivity (Wildman–Crippen MR) is 63.2 cm³/mol. The monoisotopic (exact) mass is 277 g/mol. The molecule has 1 aromatic rings. The number of carboxylic acid groups (broad SMARTS) is 1. The van der Waals surface area contributed by atoms with E-state index in [2.05, 4.69) is 10.1 Å². The molecule has 0 atom stereocenters. The summed E-state index contributed by atoms with van der Waals surface area (Å²) in [7, 11) is 0. The van der Waals surface area contributed by atoms with E-state index >= 15 is 0 Å². The molecule has 0 fully saturated rings. The molecule has 0 aliphatic rings. The van der Waals surface area contributed by atoms with Gasteiger partial charge in [-0.2, -0.15) is 0 Å². The molecule has 1 rings (SSSR count). The Labute approximate surface area is 108 Å². The zero-order valence-corrected chi connectivity index (χ0v) is 10.6. The van der Waals surface area contributed by atoms with Gasteiger partial charge in [0, 0.05) is 5.69 Å². The van der Waals surface area contributed by atoms with Crippen LogP contribution in [0.4, 0.5) is 18.9 Å². The number of carbonyl (C=O) groups is 1. The molecule has 0 aliphatic heterocycles. The molecule has 0 radical (unpaired) electrons. The Morgan fingerprint density at radius 3 is 2.32 bits per heavy atom. The highest BCUT2D eigenvalue weighted by Crippen LogP contribution is 2.28. The minimum atomic E-state index is -4.75. The number of hydrogen-bond acceptors (Lipinski definition) is 3. The topological polar surface area (TPSA) is 58.6 Å². The summed E-state index contributed by atoms with van der Waals surface area (Å²) < 4.78 is 40.1. The van der Waals surface area contributed by atoms with Gasteiger partial charge in [0.15, 0.2) is 0 Å². The van der Waals surface area contributed by atoms with Gasteiger partial charge >= 0.3 is 12.3 Å². The van der Waals surface area contributed by atoms with Gasteiger partial charge in [-0.15, -0.1) is 13.2 Å². The van der Waals surface area contributed by atoms with Crippen molar-refractivity contribution in [3.8, 4) is 5.75 Å². The van der Waals surface area contributed by atoms with Crippen LogP contribution < -0.4 is 10.1 Å². The van der Waals surface area contributed by atoms with Crippen LogP contribution in [-0.2, 0) is 4.79 Å². The standard InChI is InChI=1S/C12H14F3NO3/c1-7-6-8(16-11(2,3)10(17)18)4-5-9(7)19-12(13,14)15/h4-6,16H,1-3H3,(H,17,18). The van der Waals surface area contributed by atoms with E-state index in [9.17, 15) is 18.0 Å². The average molecular weight is 277 g/mol. The Bertz CT molecular complexity index is 484. The third kappa shape index (κ3) is 4.35. The fourth-order valence-corrected chi connectivity index (χ4v) is 1.38. The van der Waals surface area contributed by atoms with Crippen molar-refractivity contribution in [2.45, 2.75) is 32.7 Å². The summed E-state index contributed by atoms with van der Waals surface area (Å²) in [5, 5.41) is 11.7. The number of benzene rings is 1. The van der Waals surface area contributed by atoms with Gasteiger partial charge < -0.3 is 15.2 Å². The van der Waals surface area contributed by atoms with Crippen molar-refractivity contribution >= 4 is 11.7 Å². The highest BCUT2D eigenvalue weighted by molar-refractivity contribution is 5.81. The molecule has 106 valence electrons. The highest BCUT2D eigenvalue weighted by Gasteiger charge is 2.32. The molecule has 0 heterocycles. The van der Waals surface area contributed by atoms with Crippen LogP contribution in [0.15, 0.2) is 18.2 Å². The second-order valence-corrected chi connectivity index (χ2v) is 4.58. The Kier molecular flexibility index (Phi) is 3.97. The lowest BCUT2D eigenvalue weighted by atomic mass is 10.1. The lowest BCUT2D eigenvalue weighted by Gasteiger charge is -2.23. The van der Waals surface area contributed by atoms with Crippen LogP contribution >= 0.6 is 0 Å². The largest absolute Gasteiger partial charge is 0.573 e. The van der Waals surface area contributed by atoms with Gasteiger partial charge in [0.25, 0.3) is 0 Å². The Morgan fingerprint density at radius 2 is 1.89 bits per heavy atom. The smallest absolute Gasteiger partial charge is 0.480 e. The summed E-state index contributed by atoms with van der Waals surface area (Å²) in [5.41, 5.74) is -0.568. The Balaban J connectivity index is 2.92. The number of hydrogen-bond donors (Lipinski definition) is 2. The number of nitrogens with one attached hydrogen (secondary N) is 1. The van der Waals surface area contributed by atoms with Gasteiger partial charge in [0.2, 0.25) is 0 Å². The molecule has 0 saturated heterocycles. The van der Waals surface area contributed by atoms with Crippen molar-refractivity contribution < 1.29 is 27.8 Å². The second kappa shape index (κ2) is 4.99. The summed E-state index contributed by atoms with van der Waals surface area (Å²) in [6.07, 6.45) is -4.75. The van der Waals surface area contributed by atoms with Crippen LogP contribution in [0, 0.1) is 6.92 Å². The van der Waals surface area contributed by atoms with Crippen molar-refractivity contribution in [1.29, 1.82) is 0 Å². The van der Waals surface area contributed by atoms with E-state index in [-0.39, 0.29) is 11.3 Å². The predicted octanol–water partition coefficient (Wildman–Crippen LogP) is 3.17. The van der Waals surface area contributed by atoms with Crippen LogP contribution in [0.5, 0.6) is 5.75 Å². The molecule has 0 bridgehead atoms. The van der Waals surface area contributed by atoms with Crippen LogP contribution in [0.3, 0.4) is 0 Å². The zero-order valence-electron chi connectivity index (χ0n) is 10.6. The van der Waals surface area contributed by atoms with Gasteiger partial charge in [0.05, 0.1) is 0 Å². The maximum atomic E-state index is 12.1. The van der Waals surface area contributed by atoms with E-state index in [0.29, 0.717) is 5.69 Å². The van der Waals surface area contributed by atoms with Crippen molar-refractivity contribution in [3.63, 3.8) is 0 Å². The molecule has 4 nitrogen and oxygen atoms in total. The highest BCUT2D eigenvalue weighted by atomic mass is 19.4. The molecule has 0 spiro atoms. The van der Waals surface area contributed by atoms with E-state index in [0.717, 1.165) is 6.07 Å². The molecule has 0 unspecified atom stereocenters. The lowest BCUT2D eigenvalue weighted by molar-refractivity contribution is -0.274. The molecule has 0 aliphatic carbocycles. The van der Waals surface area contributed by atoms with Crippen molar-refractivity contribution in [2.75, 3.05) is 5.32 Å². The summed E-state index contributed by atoms with van der Waals surface area (Å²) in [5.74, 6) is -1.38. The molecule has 0 aromatic heterocycles. The number of carboxylic acids is 1. The first kappa shape index (κ1) is 15.1. The van der Waals surface area contributed by atoms with Crippen LogP contribution in [0.1, 0.15) is 19.4 Å². The maximum absolute atomic E-state index is 12.1. The maximum Gasteiger partial charge on any atom is 0.573 e. The van der Waals surface area contributed by atoms with Crippen molar-refractivity contribution in [1.82, 2.24) is 0 Å². The fourth-order valence-electron chi connectivity index (χ4n) is 1.38. The molecule has 19 heavy (non-hydrogen) atoms. The third-order valence-corrected chi connectivity index (χ3v) is 2.39. The first-order chi connectivity index (χ1) is 8.51. The van der Waals surface area contributed by atoms with E-state index in [4.69, 9.17) is 5.11 Å². The minimum Gasteiger partial charge on any atom is -0.480 e. The van der Waals surface area contributed by atoms with Gasteiger partial charge in [-0.1, -0.05) is 0 Å². The third-order valence-electron chi connectivity index (χ3n) is 2.39. The first-order valence-corrected chi connectivity index (χ1v) is 5.39. The quantitative estimate of drug-likeness (QED) is 0.887. The number of rotatable bonds is 4. The van der Waals surface area contributed by atoms with Crippen LogP contribution in [-0.4, -0.2) is 23.0 Å². The molecule has 0 amide bonds.